The van der Waals surface area contributed by atoms with E-state index in [1.54, 1.807) is 36.7 Å². The molecule has 0 saturated carbocycles. The van der Waals surface area contributed by atoms with Gasteiger partial charge in [-0.15, -0.1) is 0 Å². The molecule has 0 radical (unpaired) electrons. The lowest BCUT2D eigenvalue weighted by Gasteiger charge is -2.27. The number of nitrogens with zero attached hydrogens (tertiary/aromatic N) is 2. The summed E-state index contributed by atoms with van der Waals surface area (Å²) in [6.45, 7) is 3.83. The van der Waals surface area contributed by atoms with Crippen molar-refractivity contribution in [2.75, 3.05) is 4.90 Å². The van der Waals surface area contributed by atoms with Crippen LogP contribution in [0.5, 0.6) is 0 Å². The maximum absolute atomic E-state index is 13.2. The van der Waals surface area contributed by atoms with Gasteiger partial charge in [0.05, 0.1) is 21.7 Å². The number of carbonyl (C=O) groups excluding carboxylic acids is 2. The Morgan fingerprint density at radius 1 is 1.00 bits per heavy atom. The third-order valence-electron chi connectivity index (χ3n) is 5.49. The van der Waals surface area contributed by atoms with E-state index in [2.05, 4.69) is 4.98 Å². The number of rotatable bonds is 3. The molecule has 2 heterocycles. The number of anilines is 1. The van der Waals surface area contributed by atoms with Gasteiger partial charge in [0.25, 0.3) is 11.7 Å². The largest absolute Gasteiger partial charge is 0.507 e. The first-order valence-electron chi connectivity index (χ1n) is 9.54. The van der Waals surface area contributed by atoms with Gasteiger partial charge in [0, 0.05) is 23.6 Å². The summed E-state index contributed by atoms with van der Waals surface area (Å²) in [6, 6.07) is 12.7. The molecule has 0 bridgehead atoms. The van der Waals surface area contributed by atoms with Crippen LogP contribution in [0.2, 0.25) is 10.0 Å². The van der Waals surface area contributed by atoms with Crippen LogP contribution in [0, 0.1) is 13.8 Å². The second kappa shape index (κ2) is 8.17. The topological polar surface area (TPSA) is 70.5 Å². The average Bonchev–Trinajstić information content (AvgIpc) is 3.03. The Morgan fingerprint density at radius 2 is 1.71 bits per heavy atom. The molecule has 1 aromatic heterocycles. The minimum absolute atomic E-state index is 0.0181. The van der Waals surface area contributed by atoms with E-state index in [-0.39, 0.29) is 16.4 Å². The molecular weight excluding hydrogens is 435 g/mol. The highest BCUT2D eigenvalue weighted by Crippen LogP contribution is 2.43. The number of ketones is 1. The molecular formula is C24H18Cl2N2O3. The first kappa shape index (κ1) is 21.1. The Labute approximate surface area is 189 Å². The molecule has 156 valence electrons. The lowest BCUT2D eigenvalue weighted by atomic mass is 9.95. The summed E-state index contributed by atoms with van der Waals surface area (Å²) in [7, 11) is 0. The Balaban J connectivity index is 1.98. The number of Topliss-reactive ketones (excluding diaryl/α,β-unsaturated/α-hetero) is 1. The van der Waals surface area contributed by atoms with Crippen LogP contribution in [0.25, 0.3) is 5.76 Å². The van der Waals surface area contributed by atoms with Crippen molar-refractivity contribution in [2.45, 2.75) is 19.9 Å². The van der Waals surface area contributed by atoms with Crippen LogP contribution in [-0.2, 0) is 9.59 Å². The van der Waals surface area contributed by atoms with Crippen molar-refractivity contribution >= 4 is 46.3 Å². The number of hydrogen-bond donors (Lipinski definition) is 1. The van der Waals surface area contributed by atoms with E-state index in [1.807, 2.05) is 26.0 Å². The van der Waals surface area contributed by atoms with Gasteiger partial charge in [-0.25, -0.2) is 0 Å². The SMILES string of the molecule is Cc1cccc(N2C(=O)C(=O)/C(=C(/O)c3ccc(Cl)c(Cl)c3)C2c2ccncc2)c1C. The minimum atomic E-state index is -0.821. The number of halogens is 2. The highest BCUT2D eigenvalue weighted by atomic mass is 35.5. The van der Waals surface area contributed by atoms with Gasteiger partial charge in [0.1, 0.15) is 5.76 Å². The average molecular weight is 453 g/mol. The van der Waals surface area contributed by atoms with Crippen LogP contribution in [0.1, 0.15) is 28.3 Å². The summed E-state index contributed by atoms with van der Waals surface area (Å²) in [5, 5.41) is 11.7. The fourth-order valence-corrected chi connectivity index (χ4v) is 4.04. The standard InChI is InChI=1S/C24H18Cl2N2O3/c1-13-4-3-5-19(14(13)2)28-21(15-8-10-27-11-9-15)20(23(30)24(28)31)22(29)16-6-7-17(25)18(26)12-16/h3-12,21,29H,1-2H3/b22-20+. The molecule has 1 unspecified atom stereocenters. The minimum Gasteiger partial charge on any atom is -0.507 e. The molecule has 2 aromatic carbocycles. The second-order valence-corrected chi connectivity index (χ2v) is 8.11. The number of aryl methyl sites for hydroxylation is 1. The molecule has 0 aliphatic carbocycles. The van der Waals surface area contributed by atoms with Gasteiger partial charge in [-0.1, -0.05) is 35.3 Å². The summed E-state index contributed by atoms with van der Waals surface area (Å²) in [5.74, 6) is -1.80. The summed E-state index contributed by atoms with van der Waals surface area (Å²) < 4.78 is 0. The fraction of sp³-hybridized carbons (Fsp3) is 0.125. The first-order chi connectivity index (χ1) is 14.8. The van der Waals surface area contributed by atoms with Crippen molar-refractivity contribution < 1.29 is 14.7 Å². The molecule has 1 aliphatic heterocycles. The van der Waals surface area contributed by atoms with E-state index in [9.17, 15) is 14.7 Å². The number of carbonyl (C=O) groups is 2. The van der Waals surface area contributed by atoms with E-state index in [0.29, 0.717) is 21.8 Å². The lowest BCUT2D eigenvalue weighted by molar-refractivity contribution is -0.132. The van der Waals surface area contributed by atoms with Crippen LogP contribution in [0.4, 0.5) is 5.69 Å². The van der Waals surface area contributed by atoms with Crippen molar-refractivity contribution in [3.63, 3.8) is 0 Å². The van der Waals surface area contributed by atoms with Crippen LogP contribution < -0.4 is 4.90 Å². The molecule has 1 N–H and O–H groups in total. The number of pyridine rings is 1. The predicted molar refractivity (Wildman–Crippen MR) is 121 cm³/mol. The highest BCUT2D eigenvalue weighted by molar-refractivity contribution is 6.52. The number of aliphatic hydroxyl groups excluding tert-OH is 1. The molecule has 4 rings (SSSR count). The third-order valence-corrected chi connectivity index (χ3v) is 6.23. The summed E-state index contributed by atoms with van der Waals surface area (Å²) in [6.07, 6.45) is 3.16. The second-order valence-electron chi connectivity index (χ2n) is 7.30. The van der Waals surface area contributed by atoms with Crippen molar-refractivity contribution in [1.29, 1.82) is 0 Å². The number of benzene rings is 2. The van der Waals surface area contributed by atoms with Crippen molar-refractivity contribution in [2.24, 2.45) is 0 Å². The number of aromatic nitrogens is 1. The maximum atomic E-state index is 13.2. The Kier molecular flexibility index (Phi) is 5.56. The van der Waals surface area contributed by atoms with E-state index in [1.165, 1.54) is 17.0 Å². The third kappa shape index (κ3) is 3.60. The fourth-order valence-electron chi connectivity index (χ4n) is 3.74. The van der Waals surface area contributed by atoms with Crippen LogP contribution >= 0.6 is 23.2 Å². The molecule has 1 fully saturated rings. The smallest absolute Gasteiger partial charge is 0.300 e. The first-order valence-corrected chi connectivity index (χ1v) is 10.3. The Bertz CT molecular complexity index is 1240. The Hall–Kier alpha value is -3.15. The zero-order valence-corrected chi connectivity index (χ0v) is 18.3. The number of amides is 1. The van der Waals surface area contributed by atoms with Crippen molar-refractivity contribution in [1.82, 2.24) is 4.98 Å². The quantitative estimate of drug-likeness (QED) is 0.317. The zero-order chi connectivity index (χ0) is 22.3. The predicted octanol–water partition coefficient (Wildman–Crippen LogP) is 5.63. The monoisotopic (exact) mass is 452 g/mol. The molecule has 31 heavy (non-hydrogen) atoms. The van der Waals surface area contributed by atoms with Gasteiger partial charge in [-0.05, 0) is 66.9 Å². The van der Waals surface area contributed by atoms with Crippen LogP contribution in [0.15, 0.2) is 66.5 Å². The summed E-state index contributed by atoms with van der Waals surface area (Å²) >= 11 is 12.1. The van der Waals surface area contributed by atoms with E-state index in [0.717, 1.165) is 11.1 Å². The molecule has 1 aliphatic rings. The van der Waals surface area contributed by atoms with Gasteiger partial charge in [0.15, 0.2) is 0 Å². The zero-order valence-electron chi connectivity index (χ0n) is 16.8. The number of hydrogen-bond acceptors (Lipinski definition) is 4. The molecule has 1 amide bonds. The maximum Gasteiger partial charge on any atom is 0.300 e. The van der Waals surface area contributed by atoms with E-state index < -0.39 is 17.7 Å². The molecule has 7 heteroatoms. The molecule has 1 atom stereocenters. The number of aliphatic hydroxyl groups is 1. The van der Waals surface area contributed by atoms with Gasteiger partial charge < -0.3 is 5.11 Å². The van der Waals surface area contributed by atoms with Gasteiger partial charge in [0.2, 0.25) is 0 Å². The molecule has 3 aromatic rings. The highest BCUT2D eigenvalue weighted by Gasteiger charge is 2.47. The summed E-state index contributed by atoms with van der Waals surface area (Å²) in [4.78, 5) is 31.8. The molecule has 1 saturated heterocycles. The van der Waals surface area contributed by atoms with Gasteiger partial charge in [-0.3, -0.25) is 19.5 Å². The van der Waals surface area contributed by atoms with Crippen LogP contribution in [-0.4, -0.2) is 21.8 Å². The van der Waals surface area contributed by atoms with Crippen molar-refractivity contribution in [3.8, 4) is 0 Å². The normalized spacial score (nSPS) is 17.9. The summed E-state index contributed by atoms with van der Waals surface area (Å²) in [5.41, 5.74) is 3.40. The molecule has 5 nitrogen and oxygen atoms in total. The van der Waals surface area contributed by atoms with E-state index in [4.69, 9.17) is 23.2 Å². The Morgan fingerprint density at radius 3 is 2.39 bits per heavy atom. The molecule has 0 spiro atoms. The van der Waals surface area contributed by atoms with Crippen LogP contribution in [0.3, 0.4) is 0 Å². The lowest BCUT2D eigenvalue weighted by Crippen LogP contribution is -2.30. The van der Waals surface area contributed by atoms with E-state index >= 15 is 0 Å². The van der Waals surface area contributed by atoms with Gasteiger partial charge >= 0.3 is 0 Å². The van der Waals surface area contributed by atoms with Gasteiger partial charge in [-0.2, -0.15) is 0 Å². The van der Waals surface area contributed by atoms with Crippen molar-refractivity contribution in [3.05, 3.63) is 98.8 Å².